The van der Waals surface area contributed by atoms with Gasteiger partial charge in [0.05, 0.1) is 17.8 Å². The number of carbonyl (C=O) groups is 1. The fourth-order valence-electron chi connectivity index (χ4n) is 3.14. The Bertz CT molecular complexity index is 1080. The highest BCUT2D eigenvalue weighted by Crippen LogP contribution is 2.45. The predicted octanol–water partition coefficient (Wildman–Crippen LogP) is 6.77. The Hall–Kier alpha value is -2.41. The summed E-state index contributed by atoms with van der Waals surface area (Å²) in [5, 5.41) is 7.56. The van der Waals surface area contributed by atoms with Crippen molar-refractivity contribution in [3.63, 3.8) is 0 Å². The zero-order valence-corrected chi connectivity index (χ0v) is 21.6. The van der Waals surface area contributed by atoms with E-state index in [1.54, 1.807) is 19.1 Å². The summed E-state index contributed by atoms with van der Waals surface area (Å²) >= 11 is 17.6. The summed E-state index contributed by atoms with van der Waals surface area (Å²) in [6.07, 6.45) is 4.09. The molecule has 0 unspecified atom stereocenters. The monoisotopic (exact) mass is 524 g/mol. The molecular weight excluding hydrogens is 499 g/mol. The molecule has 182 valence electrons. The van der Waals surface area contributed by atoms with E-state index in [1.807, 2.05) is 31.2 Å². The molecular formula is C25H27Cl3N2O4. The first-order chi connectivity index (χ1) is 16.2. The third-order valence-electron chi connectivity index (χ3n) is 5.54. The number of benzene rings is 2. The van der Waals surface area contributed by atoms with Crippen molar-refractivity contribution in [3.8, 4) is 11.5 Å². The van der Waals surface area contributed by atoms with Gasteiger partial charge >= 0.3 is 0 Å². The first-order valence-electron chi connectivity index (χ1n) is 10.8. The molecule has 34 heavy (non-hydrogen) atoms. The molecule has 0 aromatic heterocycles. The van der Waals surface area contributed by atoms with Crippen LogP contribution in [0.1, 0.15) is 37.8 Å². The van der Waals surface area contributed by atoms with Gasteiger partial charge in [0.25, 0.3) is 0 Å². The smallest absolute Gasteiger partial charge is 0.230 e. The zero-order chi connectivity index (χ0) is 24.7. The molecule has 0 bridgehead atoms. The third-order valence-corrected chi connectivity index (χ3v) is 6.13. The van der Waals surface area contributed by atoms with Crippen LogP contribution in [0, 0.1) is 5.41 Å². The van der Waals surface area contributed by atoms with Gasteiger partial charge in [0, 0.05) is 29.2 Å². The Morgan fingerprint density at radius 3 is 2.53 bits per heavy atom. The molecule has 3 rings (SSSR count). The van der Waals surface area contributed by atoms with Gasteiger partial charge < -0.3 is 19.6 Å². The maximum absolute atomic E-state index is 12.2. The number of ether oxygens (including phenoxy) is 2. The minimum Gasteiger partial charge on any atom is -0.494 e. The summed E-state index contributed by atoms with van der Waals surface area (Å²) < 4.78 is 11.2. The van der Waals surface area contributed by atoms with E-state index in [2.05, 4.69) is 10.5 Å². The minimum atomic E-state index is -0.199. The summed E-state index contributed by atoms with van der Waals surface area (Å²) in [5.74, 6) is 1.07. The number of hydrogen-bond acceptors (Lipinski definition) is 5. The summed E-state index contributed by atoms with van der Waals surface area (Å²) in [6.45, 7) is 4.36. The highest BCUT2D eigenvalue weighted by atomic mass is 35.5. The topological polar surface area (TPSA) is 69.2 Å². The highest BCUT2D eigenvalue weighted by Gasteiger charge is 2.44. The van der Waals surface area contributed by atoms with Crippen LogP contribution >= 0.6 is 34.8 Å². The number of halogens is 3. The summed E-state index contributed by atoms with van der Waals surface area (Å²) in [4.78, 5) is 17.7. The van der Waals surface area contributed by atoms with Crippen molar-refractivity contribution in [1.82, 2.24) is 0 Å². The Kier molecular flexibility index (Phi) is 9.11. The maximum Gasteiger partial charge on any atom is 0.230 e. The van der Waals surface area contributed by atoms with Crippen molar-refractivity contribution in [2.24, 2.45) is 10.6 Å². The molecule has 1 aliphatic rings. The van der Waals surface area contributed by atoms with Crippen molar-refractivity contribution >= 4 is 52.1 Å². The molecule has 1 saturated carbocycles. The molecule has 0 spiro atoms. The number of oxime groups is 1. The van der Waals surface area contributed by atoms with E-state index in [9.17, 15) is 4.79 Å². The van der Waals surface area contributed by atoms with Crippen molar-refractivity contribution in [2.45, 2.75) is 33.1 Å². The first kappa shape index (κ1) is 26.2. The van der Waals surface area contributed by atoms with E-state index in [4.69, 9.17) is 49.1 Å². The number of amides is 1. The molecule has 0 radical (unpaired) electrons. The molecule has 0 heterocycles. The molecule has 6 nitrogen and oxygen atoms in total. The van der Waals surface area contributed by atoms with Crippen molar-refractivity contribution in [2.75, 3.05) is 25.6 Å². The van der Waals surface area contributed by atoms with Gasteiger partial charge in [0.2, 0.25) is 5.91 Å². The second kappa shape index (κ2) is 11.8. The average Bonchev–Trinajstić information content (AvgIpc) is 3.55. The Labute approximate surface area is 214 Å². The van der Waals surface area contributed by atoms with E-state index < -0.39 is 0 Å². The number of carbonyl (C=O) groups excluding carboxylic acids is 1. The number of methoxy groups -OCH3 is 1. The lowest BCUT2D eigenvalue weighted by Crippen LogP contribution is -2.21. The Morgan fingerprint density at radius 2 is 1.91 bits per heavy atom. The van der Waals surface area contributed by atoms with Gasteiger partial charge in [-0.25, -0.2) is 0 Å². The van der Waals surface area contributed by atoms with Gasteiger partial charge in [-0.2, -0.15) is 0 Å². The van der Waals surface area contributed by atoms with Crippen LogP contribution in [-0.4, -0.2) is 31.9 Å². The van der Waals surface area contributed by atoms with Gasteiger partial charge in [-0.05, 0) is 49.6 Å². The third kappa shape index (κ3) is 7.29. The van der Waals surface area contributed by atoms with Crippen LogP contribution in [0.15, 0.2) is 52.1 Å². The van der Waals surface area contributed by atoms with Gasteiger partial charge in [0.15, 0.2) is 0 Å². The van der Waals surface area contributed by atoms with Crippen LogP contribution in [0.2, 0.25) is 5.02 Å². The number of nitrogens with one attached hydrogen (secondary N) is 1. The molecule has 1 N–H and O–H groups in total. The molecule has 0 saturated heterocycles. The lowest BCUT2D eigenvalue weighted by Gasteiger charge is -2.13. The summed E-state index contributed by atoms with van der Waals surface area (Å²) in [5.41, 5.74) is 2.91. The molecule has 1 fully saturated rings. The number of rotatable bonds is 11. The largest absolute Gasteiger partial charge is 0.494 e. The number of nitrogens with zero attached hydrogens (tertiary/aromatic N) is 1. The lowest BCUT2D eigenvalue weighted by atomic mass is 10.1. The van der Waals surface area contributed by atoms with E-state index >= 15 is 0 Å². The average molecular weight is 526 g/mol. The van der Waals surface area contributed by atoms with Crippen LogP contribution < -0.4 is 14.8 Å². The molecule has 0 atom stereocenters. The fraction of sp³-hybridized carbons (Fsp3) is 0.360. The van der Waals surface area contributed by atoms with E-state index in [0.29, 0.717) is 40.8 Å². The van der Waals surface area contributed by atoms with E-state index in [0.717, 1.165) is 24.1 Å². The summed E-state index contributed by atoms with van der Waals surface area (Å²) in [7, 11) is 1.53. The lowest BCUT2D eigenvalue weighted by molar-refractivity contribution is -0.120. The van der Waals surface area contributed by atoms with Crippen LogP contribution in [0.25, 0.3) is 0 Å². The molecule has 9 heteroatoms. The highest BCUT2D eigenvalue weighted by molar-refractivity contribution is 6.55. The molecule has 2 aromatic carbocycles. The van der Waals surface area contributed by atoms with Crippen LogP contribution in [0.5, 0.6) is 11.5 Å². The second-order valence-electron chi connectivity index (χ2n) is 8.26. The van der Waals surface area contributed by atoms with Crippen molar-refractivity contribution in [1.29, 1.82) is 0 Å². The van der Waals surface area contributed by atoms with Crippen LogP contribution in [0.4, 0.5) is 5.69 Å². The van der Waals surface area contributed by atoms with E-state index in [-0.39, 0.29) is 22.4 Å². The molecule has 0 aliphatic heterocycles. The minimum absolute atomic E-state index is 0.0812. The SMILES string of the molecule is COc1c(Cl)cc(OCC=C(Cl)Cl)cc1C(C)=NOCCc1ccc(NC(=O)C2(C)CC2)cc1. The zero-order valence-electron chi connectivity index (χ0n) is 19.3. The predicted molar refractivity (Wildman–Crippen MR) is 138 cm³/mol. The van der Waals surface area contributed by atoms with Crippen LogP contribution in [0.3, 0.4) is 0 Å². The first-order valence-corrected chi connectivity index (χ1v) is 11.9. The van der Waals surface area contributed by atoms with Gasteiger partial charge in [-0.3, -0.25) is 4.79 Å². The Balaban J connectivity index is 1.56. The molecule has 2 aromatic rings. The van der Waals surface area contributed by atoms with Crippen molar-refractivity contribution < 1.29 is 19.1 Å². The maximum atomic E-state index is 12.2. The molecule has 1 aliphatic carbocycles. The fourth-order valence-corrected chi connectivity index (χ4v) is 3.55. The number of anilines is 1. The number of hydrogen-bond donors (Lipinski definition) is 1. The standard InChI is InChI=1S/C25H27Cl3N2O4/c1-16(20-14-19(33-12-9-22(27)28)15-21(26)23(20)32-3)30-34-13-8-17-4-6-18(7-5-17)29-24(31)25(2)10-11-25/h4-7,9,14-15H,8,10-13H2,1-3H3,(H,29,31). The van der Waals surface area contributed by atoms with Gasteiger partial charge in [-0.1, -0.05) is 59.0 Å². The van der Waals surface area contributed by atoms with Gasteiger partial charge in [0.1, 0.15) is 29.2 Å². The summed E-state index contributed by atoms with van der Waals surface area (Å²) in [6, 6.07) is 11.1. The van der Waals surface area contributed by atoms with Gasteiger partial charge in [-0.15, -0.1) is 0 Å². The van der Waals surface area contributed by atoms with Crippen LogP contribution in [-0.2, 0) is 16.1 Å². The van der Waals surface area contributed by atoms with Crippen molar-refractivity contribution in [3.05, 3.63) is 63.1 Å². The Morgan fingerprint density at radius 1 is 1.21 bits per heavy atom. The van der Waals surface area contributed by atoms with E-state index in [1.165, 1.54) is 13.2 Å². The second-order valence-corrected chi connectivity index (χ2v) is 9.68. The molecule has 1 amide bonds. The quantitative estimate of drug-likeness (QED) is 0.200. The normalized spacial score (nSPS) is 14.2.